The first-order valence-corrected chi connectivity index (χ1v) is 6.00. The second-order valence-corrected chi connectivity index (χ2v) is 4.61. The normalized spacial score (nSPS) is 21.1. The van der Waals surface area contributed by atoms with Gasteiger partial charge in [0.05, 0.1) is 0 Å². The Hall–Kier alpha value is -0.910. The van der Waals surface area contributed by atoms with Crippen LogP contribution in [0.2, 0.25) is 0 Å². The summed E-state index contributed by atoms with van der Waals surface area (Å²) in [4.78, 5) is 3.45. The van der Waals surface area contributed by atoms with Gasteiger partial charge in [-0.15, -0.1) is 0 Å². The van der Waals surface area contributed by atoms with Crippen molar-refractivity contribution in [2.45, 2.75) is 18.7 Å². The molecule has 2 heterocycles. The van der Waals surface area contributed by atoms with Gasteiger partial charge in [0, 0.05) is 11.8 Å². The maximum Gasteiger partial charge on any atom is 0.433 e. The molecule has 2 rings (SSSR count). The second-order valence-electron chi connectivity index (χ2n) is 3.46. The van der Waals surface area contributed by atoms with Gasteiger partial charge < -0.3 is 4.74 Å². The van der Waals surface area contributed by atoms with E-state index in [0.717, 1.165) is 24.0 Å². The van der Waals surface area contributed by atoms with Crippen LogP contribution in [0.25, 0.3) is 0 Å². The minimum Gasteiger partial charge on any atom is -0.473 e. The van der Waals surface area contributed by atoms with Gasteiger partial charge in [0.25, 0.3) is 0 Å². The minimum absolute atomic E-state index is 0.0130. The number of pyridine rings is 1. The van der Waals surface area contributed by atoms with Crippen molar-refractivity contribution in [3.05, 3.63) is 23.9 Å². The number of halogens is 3. The molecule has 0 N–H and O–H groups in total. The molecule has 2 nitrogen and oxygen atoms in total. The van der Waals surface area contributed by atoms with E-state index >= 15 is 0 Å². The molecule has 1 aliphatic rings. The molecule has 0 spiro atoms. The zero-order valence-corrected chi connectivity index (χ0v) is 9.14. The van der Waals surface area contributed by atoms with Crippen LogP contribution in [0.3, 0.4) is 0 Å². The number of ether oxygens (including phenoxy) is 1. The van der Waals surface area contributed by atoms with E-state index in [1.165, 1.54) is 12.1 Å². The Bertz CT molecular complexity index is 363. The zero-order valence-electron chi connectivity index (χ0n) is 8.33. The molecule has 0 bridgehead atoms. The van der Waals surface area contributed by atoms with Gasteiger partial charge in [-0.05, 0) is 18.2 Å². The van der Waals surface area contributed by atoms with E-state index < -0.39 is 11.9 Å². The first-order valence-electron chi connectivity index (χ1n) is 4.84. The van der Waals surface area contributed by atoms with Crippen molar-refractivity contribution in [2.75, 3.05) is 11.5 Å². The van der Waals surface area contributed by atoms with Crippen LogP contribution in [0.4, 0.5) is 13.2 Å². The van der Waals surface area contributed by atoms with Crippen molar-refractivity contribution >= 4 is 11.8 Å². The van der Waals surface area contributed by atoms with Crippen LogP contribution < -0.4 is 4.74 Å². The van der Waals surface area contributed by atoms with Crippen molar-refractivity contribution in [1.29, 1.82) is 0 Å². The van der Waals surface area contributed by atoms with E-state index in [1.54, 1.807) is 11.8 Å². The summed E-state index contributed by atoms with van der Waals surface area (Å²) in [6, 6.07) is 3.71. The third-order valence-corrected chi connectivity index (χ3v) is 3.32. The van der Waals surface area contributed by atoms with Crippen LogP contribution in [0.1, 0.15) is 12.1 Å². The third-order valence-electron chi connectivity index (χ3n) is 2.19. The second kappa shape index (κ2) is 4.53. The van der Waals surface area contributed by atoms with Gasteiger partial charge in [-0.3, -0.25) is 0 Å². The number of aromatic nitrogens is 1. The molecular formula is C10H10F3NOS. The summed E-state index contributed by atoms with van der Waals surface area (Å²) in [5, 5.41) is 0. The molecular weight excluding hydrogens is 239 g/mol. The Balaban J connectivity index is 2.09. The molecule has 1 atom stereocenters. The Kier molecular flexibility index (Phi) is 3.28. The molecule has 0 aromatic carbocycles. The highest BCUT2D eigenvalue weighted by atomic mass is 32.2. The molecule has 1 unspecified atom stereocenters. The lowest BCUT2D eigenvalue weighted by Gasteiger charge is -2.12. The van der Waals surface area contributed by atoms with Gasteiger partial charge in [0.2, 0.25) is 5.88 Å². The SMILES string of the molecule is FC(F)(F)c1cccc(OC2CCSC2)n1. The van der Waals surface area contributed by atoms with Gasteiger partial charge in [0.15, 0.2) is 0 Å². The molecule has 0 aliphatic carbocycles. The van der Waals surface area contributed by atoms with Crippen molar-refractivity contribution in [2.24, 2.45) is 0 Å². The number of hydrogen-bond acceptors (Lipinski definition) is 3. The van der Waals surface area contributed by atoms with Crippen LogP contribution in [0.5, 0.6) is 5.88 Å². The highest BCUT2D eigenvalue weighted by Crippen LogP contribution is 2.29. The predicted molar refractivity (Wildman–Crippen MR) is 55.6 cm³/mol. The summed E-state index contributed by atoms with van der Waals surface area (Å²) in [7, 11) is 0. The van der Waals surface area contributed by atoms with Crippen LogP contribution in [-0.4, -0.2) is 22.6 Å². The predicted octanol–water partition coefficient (Wildman–Crippen LogP) is 2.98. The fourth-order valence-electron chi connectivity index (χ4n) is 1.41. The Labute approximate surface area is 95.2 Å². The average molecular weight is 249 g/mol. The van der Waals surface area contributed by atoms with Crippen molar-refractivity contribution < 1.29 is 17.9 Å². The lowest BCUT2D eigenvalue weighted by molar-refractivity contribution is -0.141. The molecule has 1 aromatic heterocycles. The molecule has 0 amide bonds. The van der Waals surface area contributed by atoms with E-state index in [1.807, 2.05) is 0 Å². The Morgan fingerprint density at radius 1 is 1.38 bits per heavy atom. The van der Waals surface area contributed by atoms with Crippen LogP contribution >= 0.6 is 11.8 Å². The summed E-state index contributed by atoms with van der Waals surface area (Å²) in [6.07, 6.45) is -3.56. The van der Waals surface area contributed by atoms with Crippen molar-refractivity contribution in [1.82, 2.24) is 4.98 Å². The Morgan fingerprint density at radius 2 is 2.19 bits per heavy atom. The van der Waals surface area contributed by atoms with E-state index in [0.29, 0.717) is 0 Å². The lowest BCUT2D eigenvalue weighted by atomic mass is 10.3. The van der Waals surface area contributed by atoms with E-state index in [-0.39, 0.29) is 12.0 Å². The first-order chi connectivity index (χ1) is 7.55. The molecule has 1 aliphatic heterocycles. The van der Waals surface area contributed by atoms with Crippen molar-refractivity contribution in [3.63, 3.8) is 0 Å². The average Bonchev–Trinajstić information content (AvgIpc) is 2.70. The largest absolute Gasteiger partial charge is 0.473 e. The van der Waals surface area contributed by atoms with Gasteiger partial charge in [0.1, 0.15) is 11.8 Å². The molecule has 1 fully saturated rings. The van der Waals surface area contributed by atoms with Gasteiger partial charge in [-0.25, -0.2) is 4.98 Å². The quantitative estimate of drug-likeness (QED) is 0.804. The molecule has 1 saturated heterocycles. The fraction of sp³-hybridized carbons (Fsp3) is 0.500. The number of hydrogen-bond donors (Lipinski definition) is 0. The molecule has 16 heavy (non-hydrogen) atoms. The number of rotatable bonds is 2. The fourth-order valence-corrected chi connectivity index (χ4v) is 2.51. The maximum absolute atomic E-state index is 12.4. The molecule has 0 saturated carbocycles. The Morgan fingerprint density at radius 3 is 2.81 bits per heavy atom. The number of alkyl halides is 3. The highest BCUT2D eigenvalue weighted by molar-refractivity contribution is 7.99. The van der Waals surface area contributed by atoms with E-state index in [9.17, 15) is 13.2 Å². The van der Waals surface area contributed by atoms with Gasteiger partial charge >= 0.3 is 6.18 Å². The first kappa shape index (κ1) is 11.6. The van der Waals surface area contributed by atoms with E-state index in [2.05, 4.69) is 4.98 Å². The molecule has 1 aromatic rings. The van der Waals surface area contributed by atoms with Gasteiger partial charge in [-0.1, -0.05) is 6.07 Å². The van der Waals surface area contributed by atoms with E-state index in [4.69, 9.17) is 4.74 Å². The van der Waals surface area contributed by atoms with Crippen LogP contribution in [0, 0.1) is 0 Å². The third kappa shape index (κ3) is 2.81. The molecule has 0 radical (unpaired) electrons. The minimum atomic E-state index is -4.41. The van der Waals surface area contributed by atoms with Crippen LogP contribution in [-0.2, 0) is 6.18 Å². The topological polar surface area (TPSA) is 22.1 Å². The lowest BCUT2D eigenvalue weighted by Crippen LogP contribution is -2.17. The standard InChI is InChI=1S/C10H10F3NOS/c11-10(12,13)8-2-1-3-9(14-8)15-7-4-5-16-6-7/h1-3,7H,4-6H2. The highest BCUT2D eigenvalue weighted by Gasteiger charge is 2.32. The maximum atomic E-state index is 12.4. The smallest absolute Gasteiger partial charge is 0.433 e. The molecule has 88 valence electrons. The summed E-state index contributed by atoms with van der Waals surface area (Å²) in [5.74, 6) is 1.86. The summed E-state index contributed by atoms with van der Waals surface area (Å²) in [6.45, 7) is 0. The summed E-state index contributed by atoms with van der Waals surface area (Å²) < 4.78 is 42.5. The summed E-state index contributed by atoms with van der Waals surface area (Å²) >= 11 is 1.74. The molecule has 6 heteroatoms. The zero-order chi connectivity index (χ0) is 11.6. The van der Waals surface area contributed by atoms with Crippen LogP contribution in [0.15, 0.2) is 18.2 Å². The number of nitrogens with zero attached hydrogens (tertiary/aromatic N) is 1. The summed E-state index contributed by atoms with van der Waals surface area (Å²) in [5.41, 5.74) is -0.907. The van der Waals surface area contributed by atoms with Gasteiger partial charge in [-0.2, -0.15) is 24.9 Å². The number of thioether (sulfide) groups is 1. The monoisotopic (exact) mass is 249 g/mol. The van der Waals surface area contributed by atoms with Crippen molar-refractivity contribution in [3.8, 4) is 5.88 Å².